The van der Waals surface area contributed by atoms with E-state index in [0.29, 0.717) is 28.9 Å². The minimum Gasteiger partial charge on any atom is -0.383 e. The van der Waals surface area contributed by atoms with Gasteiger partial charge in [-0.3, -0.25) is 4.79 Å². The minimum atomic E-state index is -0.481. The highest BCUT2D eigenvalue weighted by Gasteiger charge is 2.07. The number of carbonyl (C=O) groups excluding carboxylic acids is 1. The topological polar surface area (TPSA) is 74.1 Å². The van der Waals surface area contributed by atoms with Crippen LogP contribution in [0.1, 0.15) is 0 Å². The fourth-order valence-corrected chi connectivity index (χ4v) is 1.83. The number of nitriles is 1. The number of benzene rings is 1. The molecule has 0 saturated heterocycles. The zero-order chi connectivity index (χ0) is 15.0. The molecule has 5 nitrogen and oxygen atoms in total. The summed E-state index contributed by atoms with van der Waals surface area (Å²) in [5.41, 5.74) is 0.525. The molecule has 1 aromatic rings. The molecular formula is C13H13Cl2N3O2. The summed E-state index contributed by atoms with van der Waals surface area (Å²) in [5, 5.41) is 15.2. The van der Waals surface area contributed by atoms with Crippen molar-refractivity contribution < 1.29 is 9.53 Å². The summed E-state index contributed by atoms with van der Waals surface area (Å²) in [7, 11) is 1.53. The van der Waals surface area contributed by atoms with Crippen LogP contribution in [0.5, 0.6) is 0 Å². The predicted octanol–water partition coefficient (Wildman–Crippen LogP) is 2.58. The van der Waals surface area contributed by atoms with Crippen molar-refractivity contribution in [3.05, 3.63) is 40.0 Å². The van der Waals surface area contributed by atoms with Crippen molar-refractivity contribution in [3.63, 3.8) is 0 Å². The van der Waals surface area contributed by atoms with Crippen LogP contribution in [0.2, 0.25) is 10.0 Å². The third-order valence-electron chi connectivity index (χ3n) is 2.20. The second-order valence-electron chi connectivity index (χ2n) is 3.72. The van der Waals surface area contributed by atoms with E-state index in [0.717, 1.165) is 0 Å². The van der Waals surface area contributed by atoms with E-state index in [9.17, 15) is 4.79 Å². The van der Waals surface area contributed by atoms with Gasteiger partial charge in [0.2, 0.25) is 0 Å². The molecule has 0 radical (unpaired) electrons. The molecule has 7 heteroatoms. The molecule has 0 unspecified atom stereocenters. The molecule has 2 N–H and O–H groups in total. The lowest BCUT2D eigenvalue weighted by Crippen LogP contribution is -2.28. The fourth-order valence-electron chi connectivity index (χ4n) is 1.30. The molecule has 106 valence electrons. The SMILES string of the molecule is COCCNC(=O)/C(C#N)=C\Nc1cc(Cl)cc(Cl)c1. The second kappa shape index (κ2) is 8.43. The number of hydrogen-bond donors (Lipinski definition) is 2. The molecule has 0 spiro atoms. The highest BCUT2D eigenvalue weighted by Crippen LogP contribution is 2.22. The predicted molar refractivity (Wildman–Crippen MR) is 78.7 cm³/mol. The van der Waals surface area contributed by atoms with Gasteiger partial charge in [0, 0.05) is 35.6 Å². The van der Waals surface area contributed by atoms with E-state index in [1.54, 1.807) is 18.2 Å². The third kappa shape index (κ3) is 5.49. The van der Waals surface area contributed by atoms with E-state index < -0.39 is 5.91 Å². The number of nitrogens with zero attached hydrogens (tertiary/aromatic N) is 1. The summed E-state index contributed by atoms with van der Waals surface area (Å²) in [5.74, 6) is -0.481. The van der Waals surface area contributed by atoms with Crippen molar-refractivity contribution >= 4 is 34.8 Å². The van der Waals surface area contributed by atoms with Gasteiger partial charge in [0.25, 0.3) is 5.91 Å². The Hall–Kier alpha value is -1.74. The van der Waals surface area contributed by atoms with Crippen LogP contribution in [0, 0.1) is 11.3 Å². The zero-order valence-corrected chi connectivity index (χ0v) is 12.3. The normalized spacial score (nSPS) is 10.8. The first-order valence-corrected chi connectivity index (χ1v) is 6.42. The quantitative estimate of drug-likeness (QED) is 0.481. The molecule has 1 rings (SSSR count). The summed E-state index contributed by atoms with van der Waals surface area (Å²) >= 11 is 11.7. The number of rotatable bonds is 6. The van der Waals surface area contributed by atoms with Crippen molar-refractivity contribution in [1.29, 1.82) is 5.26 Å². The van der Waals surface area contributed by atoms with Gasteiger partial charge < -0.3 is 15.4 Å². The number of nitrogens with one attached hydrogen (secondary N) is 2. The van der Waals surface area contributed by atoms with Crippen molar-refractivity contribution in [2.75, 3.05) is 25.6 Å². The number of ether oxygens (including phenoxy) is 1. The van der Waals surface area contributed by atoms with E-state index in [2.05, 4.69) is 10.6 Å². The van der Waals surface area contributed by atoms with Gasteiger partial charge in [0.05, 0.1) is 6.61 Å². The Balaban J connectivity index is 2.70. The summed E-state index contributed by atoms with van der Waals surface area (Å²) in [6.07, 6.45) is 1.30. The van der Waals surface area contributed by atoms with Gasteiger partial charge in [0.15, 0.2) is 0 Å². The molecule has 0 saturated carbocycles. The number of methoxy groups -OCH3 is 1. The number of amides is 1. The largest absolute Gasteiger partial charge is 0.383 e. The average Bonchev–Trinajstić information content (AvgIpc) is 2.38. The summed E-state index contributed by atoms with van der Waals surface area (Å²) < 4.78 is 4.80. The Bertz CT molecular complexity index is 533. The maximum atomic E-state index is 11.7. The molecule has 0 fully saturated rings. The van der Waals surface area contributed by atoms with E-state index in [1.165, 1.54) is 13.3 Å². The van der Waals surface area contributed by atoms with E-state index in [4.69, 9.17) is 33.2 Å². The van der Waals surface area contributed by atoms with Crippen molar-refractivity contribution in [2.45, 2.75) is 0 Å². The summed E-state index contributed by atoms with van der Waals surface area (Å²) in [4.78, 5) is 11.7. The Morgan fingerprint density at radius 3 is 2.60 bits per heavy atom. The lowest BCUT2D eigenvalue weighted by molar-refractivity contribution is -0.117. The van der Waals surface area contributed by atoms with E-state index in [-0.39, 0.29) is 5.57 Å². The number of halogens is 2. The molecular weight excluding hydrogens is 301 g/mol. The zero-order valence-electron chi connectivity index (χ0n) is 10.7. The Morgan fingerprint density at radius 1 is 1.40 bits per heavy atom. The molecule has 20 heavy (non-hydrogen) atoms. The van der Waals surface area contributed by atoms with Crippen LogP contribution in [0.3, 0.4) is 0 Å². The second-order valence-corrected chi connectivity index (χ2v) is 4.59. The molecule has 0 aliphatic carbocycles. The number of hydrogen-bond acceptors (Lipinski definition) is 4. The monoisotopic (exact) mass is 313 g/mol. The van der Waals surface area contributed by atoms with Crippen LogP contribution in [0.4, 0.5) is 5.69 Å². The van der Waals surface area contributed by atoms with Crippen LogP contribution >= 0.6 is 23.2 Å². The first kappa shape index (κ1) is 16.3. The van der Waals surface area contributed by atoms with Gasteiger partial charge in [-0.05, 0) is 18.2 Å². The van der Waals surface area contributed by atoms with Crippen LogP contribution in [0.25, 0.3) is 0 Å². The molecule has 1 amide bonds. The molecule has 0 aliphatic heterocycles. The van der Waals surface area contributed by atoms with Gasteiger partial charge in [-0.2, -0.15) is 5.26 Å². The van der Waals surface area contributed by atoms with Crippen LogP contribution in [-0.4, -0.2) is 26.2 Å². The van der Waals surface area contributed by atoms with Crippen molar-refractivity contribution in [3.8, 4) is 6.07 Å². The van der Waals surface area contributed by atoms with Crippen molar-refractivity contribution in [1.82, 2.24) is 5.32 Å². The lowest BCUT2D eigenvalue weighted by Gasteiger charge is -2.05. The Kier molecular flexibility index (Phi) is 6.88. The third-order valence-corrected chi connectivity index (χ3v) is 2.64. The van der Waals surface area contributed by atoms with Gasteiger partial charge in [-0.1, -0.05) is 23.2 Å². The van der Waals surface area contributed by atoms with Gasteiger partial charge >= 0.3 is 0 Å². The Labute approximate surface area is 127 Å². The van der Waals surface area contributed by atoms with E-state index in [1.807, 2.05) is 6.07 Å². The first-order chi connectivity index (χ1) is 9.56. The first-order valence-electron chi connectivity index (χ1n) is 5.67. The molecule has 1 aromatic carbocycles. The molecule has 0 heterocycles. The molecule has 0 atom stereocenters. The van der Waals surface area contributed by atoms with Crippen LogP contribution in [-0.2, 0) is 9.53 Å². The van der Waals surface area contributed by atoms with Gasteiger partial charge in [-0.25, -0.2) is 0 Å². The van der Waals surface area contributed by atoms with Crippen LogP contribution < -0.4 is 10.6 Å². The highest BCUT2D eigenvalue weighted by atomic mass is 35.5. The van der Waals surface area contributed by atoms with Crippen LogP contribution in [0.15, 0.2) is 30.0 Å². The smallest absolute Gasteiger partial charge is 0.263 e. The average molecular weight is 314 g/mol. The maximum absolute atomic E-state index is 11.7. The minimum absolute atomic E-state index is 0.0581. The highest BCUT2D eigenvalue weighted by molar-refractivity contribution is 6.35. The van der Waals surface area contributed by atoms with Gasteiger partial charge in [0.1, 0.15) is 11.6 Å². The maximum Gasteiger partial charge on any atom is 0.263 e. The summed E-state index contributed by atoms with van der Waals surface area (Å²) in [6, 6.07) is 6.65. The van der Waals surface area contributed by atoms with Crippen molar-refractivity contribution in [2.24, 2.45) is 0 Å². The van der Waals surface area contributed by atoms with Gasteiger partial charge in [-0.15, -0.1) is 0 Å². The summed E-state index contributed by atoms with van der Waals surface area (Å²) in [6.45, 7) is 0.707. The molecule has 0 aromatic heterocycles. The molecule has 0 bridgehead atoms. The Morgan fingerprint density at radius 2 is 2.05 bits per heavy atom. The molecule has 0 aliphatic rings. The lowest BCUT2D eigenvalue weighted by atomic mass is 10.2. The number of carbonyl (C=O) groups is 1. The van der Waals surface area contributed by atoms with E-state index >= 15 is 0 Å². The fraction of sp³-hybridized carbons (Fsp3) is 0.231. The number of anilines is 1. The standard InChI is InChI=1S/C13H13Cl2N3O2/c1-20-3-2-17-13(19)9(7-16)8-18-12-5-10(14)4-11(15)6-12/h4-6,8,18H,2-3H2,1H3,(H,17,19)/b9-8-.